The van der Waals surface area contributed by atoms with Gasteiger partial charge in [-0.2, -0.15) is 0 Å². The molecule has 2 rings (SSSR count). The quantitative estimate of drug-likeness (QED) is 0.582. The molecule has 0 nitrogen and oxygen atoms in total. The molecule has 0 N–H and O–H groups in total. The van der Waals surface area contributed by atoms with Crippen LogP contribution in [0, 0.1) is 17.8 Å². The molecular formula is C12H18. The topological polar surface area (TPSA) is 0 Å². The first kappa shape index (κ1) is 8.10. The molecule has 2 aliphatic rings. The standard InChI is InChI=1S/C12H18/c1-7(2)10-5-9-6-11(9)12(10)8(3)4/h5,7-8,10H,6H2,1-4H3/t10-/m0/s1. The molecule has 66 valence electrons. The zero-order valence-electron chi connectivity index (χ0n) is 8.52. The predicted octanol–water partition coefficient (Wildman–Crippen LogP) is 3.55. The van der Waals surface area contributed by atoms with Crippen LogP contribution in [0.4, 0.5) is 0 Å². The van der Waals surface area contributed by atoms with Gasteiger partial charge in [0.15, 0.2) is 0 Å². The Balaban J connectivity index is 2.26. The molecule has 0 spiro atoms. The number of fused-ring (bicyclic) bond motifs is 1. The van der Waals surface area contributed by atoms with E-state index < -0.39 is 0 Å². The van der Waals surface area contributed by atoms with E-state index in [0.29, 0.717) is 0 Å². The van der Waals surface area contributed by atoms with Crippen LogP contribution in [0.5, 0.6) is 0 Å². The van der Waals surface area contributed by atoms with Crippen LogP contribution in [0.25, 0.3) is 0 Å². The summed E-state index contributed by atoms with van der Waals surface area (Å²) >= 11 is 0. The van der Waals surface area contributed by atoms with E-state index in [1.807, 2.05) is 0 Å². The maximum Gasteiger partial charge on any atom is 0.00144 e. The predicted molar refractivity (Wildman–Crippen MR) is 52.9 cm³/mol. The minimum Gasteiger partial charge on any atom is -0.0732 e. The summed E-state index contributed by atoms with van der Waals surface area (Å²) in [5.41, 5.74) is 5.08. The Morgan fingerprint density at radius 2 is 1.92 bits per heavy atom. The molecule has 1 saturated carbocycles. The van der Waals surface area contributed by atoms with Gasteiger partial charge in [0, 0.05) is 5.92 Å². The van der Waals surface area contributed by atoms with Crippen molar-refractivity contribution in [3.63, 3.8) is 0 Å². The summed E-state index contributed by atoms with van der Waals surface area (Å²) in [7, 11) is 0. The molecule has 0 aliphatic heterocycles. The highest BCUT2D eigenvalue weighted by molar-refractivity contribution is 5.60. The molecular weight excluding hydrogens is 144 g/mol. The lowest BCUT2D eigenvalue weighted by Crippen LogP contribution is -2.11. The van der Waals surface area contributed by atoms with E-state index in [9.17, 15) is 0 Å². The summed E-state index contributed by atoms with van der Waals surface area (Å²) in [5, 5.41) is 0. The van der Waals surface area contributed by atoms with Crippen molar-refractivity contribution in [1.82, 2.24) is 0 Å². The molecule has 2 aliphatic carbocycles. The van der Waals surface area contributed by atoms with Crippen molar-refractivity contribution in [2.75, 3.05) is 0 Å². The maximum absolute atomic E-state index is 2.50. The highest BCUT2D eigenvalue weighted by Crippen LogP contribution is 2.52. The van der Waals surface area contributed by atoms with Crippen LogP contribution in [-0.4, -0.2) is 0 Å². The van der Waals surface area contributed by atoms with Gasteiger partial charge in [-0.3, -0.25) is 0 Å². The number of rotatable bonds is 2. The molecule has 0 aromatic rings. The van der Waals surface area contributed by atoms with Gasteiger partial charge < -0.3 is 0 Å². The molecule has 1 atom stereocenters. The Morgan fingerprint density at radius 3 is 2.33 bits per heavy atom. The van der Waals surface area contributed by atoms with Gasteiger partial charge in [0.05, 0.1) is 0 Å². The second-order valence-electron chi connectivity index (χ2n) is 4.73. The first-order valence-corrected chi connectivity index (χ1v) is 5.05. The molecule has 0 heteroatoms. The summed E-state index contributed by atoms with van der Waals surface area (Å²) in [5.74, 6) is 2.31. The van der Waals surface area contributed by atoms with Crippen molar-refractivity contribution in [2.45, 2.75) is 34.1 Å². The van der Waals surface area contributed by atoms with E-state index in [0.717, 1.165) is 17.8 Å². The van der Waals surface area contributed by atoms with Gasteiger partial charge in [-0.1, -0.05) is 39.3 Å². The van der Waals surface area contributed by atoms with Gasteiger partial charge in [0.2, 0.25) is 0 Å². The van der Waals surface area contributed by atoms with Gasteiger partial charge in [-0.25, -0.2) is 0 Å². The van der Waals surface area contributed by atoms with Crippen LogP contribution in [0.2, 0.25) is 0 Å². The zero-order chi connectivity index (χ0) is 8.88. The minimum absolute atomic E-state index is 0.753. The second kappa shape index (κ2) is 2.48. The normalized spacial score (nSPS) is 26.8. The Morgan fingerprint density at radius 1 is 1.25 bits per heavy atom. The van der Waals surface area contributed by atoms with Crippen LogP contribution >= 0.6 is 0 Å². The lowest BCUT2D eigenvalue weighted by molar-refractivity contribution is 0.487. The fourth-order valence-electron chi connectivity index (χ4n) is 2.39. The maximum atomic E-state index is 2.50. The van der Waals surface area contributed by atoms with Crippen molar-refractivity contribution in [1.29, 1.82) is 0 Å². The molecule has 0 saturated heterocycles. The molecule has 0 heterocycles. The van der Waals surface area contributed by atoms with E-state index in [1.165, 1.54) is 6.42 Å². The second-order valence-corrected chi connectivity index (χ2v) is 4.73. The number of hydrogen-bond donors (Lipinski definition) is 0. The Labute approximate surface area is 75.4 Å². The molecule has 0 bridgehead atoms. The van der Waals surface area contributed by atoms with Gasteiger partial charge in [-0.05, 0) is 29.4 Å². The minimum atomic E-state index is 0.753. The molecule has 0 aromatic heterocycles. The highest BCUT2D eigenvalue weighted by atomic mass is 14.4. The molecule has 1 fully saturated rings. The molecule has 12 heavy (non-hydrogen) atoms. The Kier molecular flexibility index (Phi) is 1.67. The molecule has 0 amide bonds. The van der Waals surface area contributed by atoms with Crippen LogP contribution in [0.15, 0.2) is 22.8 Å². The Hall–Kier alpha value is -0.520. The van der Waals surface area contributed by atoms with E-state index in [-0.39, 0.29) is 0 Å². The summed E-state index contributed by atoms with van der Waals surface area (Å²) in [6.45, 7) is 9.31. The first-order valence-electron chi connectivity index (χ1n) is 5.05. The van der Waals surface area contributed by atoms with Crippen molar-refractivity contribution >= 4 is 0 Å². The third kappa shape index (κ3) is 1.05. The fraction of sp³-hybridized carbons (Fsp3) is 0.667. The summed E-state index contributed by atoms with van der Waals surface area (Å²) in [6, 6.07) is 0. The first-order chi connectivity index (χ1) is 5.61. The van der Waals surface area contributed by atoms with Crippen LogP contribution in [0.1, 0.15) is 34.1 Å². The summed E-state index contributed by atoms with van der Waals surface area (Å²) in [4.78, 5) is 0. The number of allylic oxidation sites excluding steroid dienone is 4. The molecule has 0 unspecified atom stereocenters. The smallest absolute Gasteiger partial charge is 0.00144 e. The van der Waals surface area contributed by atoms with Gasteiger partial charge in [-0.15, -0.1) is 0 Å². The Bertz CT molecular complexity index is 264. The van der Waals surface area contributed by atoms with Gasteiger partial charge in [0.1, 0.15) is 0 Å². The third-order valence-electron chi connectivity index (χ3n) is 3.06. The van der Waals surface area contributed by atoms with Gasteiger partial charge >= 0.3 is 0 Å². The van der Waals surface area contributed by atoms with Crippen molar-refractivity contribution in [3.8, 4) is 0 Å². The highest BCUT2D eigenvalue weighted by Gasteiger charge is 2.37. The molecule has 0 radical (unpaired) electrons. The van der Waals surface area contributed by atoms with Crippen LogP contribution < -0.4 is 0 Å². The van der Waals surface area contributed by atoms with Gasteiger partial charge in [0.25, 0.3) is 0 Å². The lowest BCUT2D eigenvalue weighted by atomic mass is 9.83. The number of hydrogen-bond acceptors (Lipinski definition) is 0. The summed E-state index contributed by atoms with van der Waals surface area (Å²) < 4.78 is 0. The SMILES string of the molecule is CC(C)C1=C2CC2=C[C@H]1C(C)C. The lowest BCUT2D eigenvalue weighted by Gasteiger charge is -2.21. The monoisotopic (exact) mass is 162 g/mol. The average molecular weight is 162 g/mol. The van der Waals surface area contributed by atoms with Crippen LogP contribution in [-0.2, 0) is 0 Å². The summed E-state index contributed by atoms with van der Waals surface area (Å²) in [6.07, 6.45) is 3.80. The third-order valence-corrected chi connectivity index (χ3v) is 3.06. The average Bonchev–Trinajstić information content (AvgIpc) is 2.60. The van der Waals surface area contributed by atoms with Crippen molar-refractivity contribution in [2.24, 2.45) is 17.8 Å². The fourth-order valence-corrected chi connectivity index (χ4v) is 2.39. The zero-order valence-corrected chi connectivity index (χ0v) is 8.52. The molecule has 0 aromatic carbocycles. The van der Waals surface area contributed by atoms with Crippen LogP contribution in [0.3, 0.4) is 0 Å². The van der Waals surface area contributed by atoms with E-state index >= 15 is 0 Å². The van der Waals surface area contributed by atoms with E-state index in [4.69, 9.17) is 0 Å². The van der Waals surface area contributed by atoms with E-state index in [1.54, 1.807) is 16.7 Å². The van der Waals surface area contributed by atoms with Crippen molar-refractivity contribution < 1.29 is 0 Å². The largest absolute Gasteiger partial charge is 0.0732 e. The van der Waals surface area contributed by atoms with Crippen molar-refractivity contribution in [3.05, 3.63) is 22.8 Å². The van der Waals surface area contributed by atoms with E-state index in [2.05, 4.69) is 33.8 Å².